The number of rotatable bonds is 5. The smallest absolute Gasteiger partial charge is 0.335 e. The van der Waals surface area contributed by atoms with Gasteiger partial charge in [-0.05, 0) is 24.7 Å². The van der Waals surface area contributed by atoms with Gasteiger partial charge in [0.25, 0.3) is 0 Å². The largest absolute Gasteiger partial charge is 0.478 e. The molecule has 2 aromatic rings. The Morgan fingerprint density at radius 2 is 2.00 bits per heavy atom. The number of hydrogen-bond donors (Lipinski definition) is 1. The van der Waals surface area contributed by atoms with Crippen LogP contribution in [0.4, 0.5) is 0 Å². The lowest BCUT2D eigenvalue weighted by atomic mass is 10.1. The van der Waals surface area contributed by atoms with Gasteiger partial charge in [0.15, 0.2) is 5.82 Å². The van der Waals surface area contributed by atoms with E-state index in [1.54, 1.807) is 31.2 Å². The fourth-order valence-electron chi connectivity index (χ4n) is 1.77. The van der Waals surface area contributed by atoms with Gasteiger partial charge in [-0.3, -0.25) is 4.90 Å². The van der Waals surface area contributed by atoms with Gasteiger partial charge in [-0.15, -0.1) is 0 Å². The number of aromatic nitrogens is 2. The third-order valence-corrected chi connectivity index (χ3v) is 2.63. The minimum Gasteiger partial charge on any atom is -0.478 e. The second-order valence-electron chi connectivity index (χ2n) is 4.40. The van der Waals surface area contributed by atoms with Crippen molar-refractivity contribution in [3.05, 3.63) is 47.1 Å². The quantitative estimate of drug-likeness (QED) is 0.882. The lowest BCUT2D eigenvalue weighted by molar-refractivity contribution is 0.0697. The summed E-state index contributed by atoms with van der Waals surface area (Å²) in [5.41, 5.74) is 1.33. The second-order valence-corrected chi connectivity index (χ2v) is 4.40. The van der Waals surface area contributed by atoms with Gasteiger partial charge in [0, 0.05) is 13.5 Å². The van der Waals surface area contributed by atoms with Gasteiger partial charge in [-0.1, -0.05) is 17.3 Å². The molecule has 0 amide bonds. The summed E-state index contributed by atoms with van der Waals surface area (Å²) in [5.74, 6) is 0.276. The van der Waals surface area contributed by atoms with Crippen molar-refractivity contribution in [2.75, 3.05) is 7.05 Å². The van der Waals surface area contributed by atoms with E-state index in [0.717, 1.165) is 5.56 Å². The molecule has 6 nitrogen and oxygen atoms in total. The van der Waals surface area contributed by atoms with Gasteiger partial charge in [0.05, 0.1) is 12.1 Å². The lowest BCUT2D eigenvalue weighted by Crippen LogP contribution is -2.18. The van der Waals surface area contributed by atoms with Crippen LogP contribution in [-0.4, -0.2) is 33.2 Å². The first-order valence-corrected chi connectivity index (χ1v) is 5.84. The zero-order valence-corrected chi connectivity index (χ0v) is 10.8. The van der Waals surface area contributed by atoms with Crippen molar-refractivity contribution < 1.29 is 14.4 Å². The standard InChI is InChI=1S/C13H15N3O3/c1-9-14-12(15-19-9)8-16(2)7-10-3-5-11(6-4-10)13(17)18/h3-6H,7-8H2,1-2H3,(H,17,18). The van der Waals surface area contributed by atoms with Crippen molar-refractivity contribution in [2.24, 2.45) is 0 Å². The Balaban J connectivity index is 1.94. The lowest BCUT2D eigenvalue weighted by Gasteiger charge is -2.14. The highest BCUT2D eigenvalue weighted by Gasteiger charge is 2.08. The van der Waals surface area contributed by atoms with Crippen molar-refractivity contribution >= 4 is 5.97 Å². The van der Waals surface area contributed by atoms with Crippen LogP contribution in [0.3, 0.4) is 0 Å². The Hall–Kier alpha value is -2.21. The molecule has 6 heteroatoms. The Morgan fingerprint density at radius 3 is 2.53 bits per heavy atom. The fourth-order valence-corrected chi connectivity index (χ4v) is 1.77. The molecule has 0 unspecified atom stereocenters. The Labute approximate surface area is 110 Å². The maximum Gasteiger partial charge on any atom is 0.335 e. The van der Waals surface area contributed by atoms with Gasteiger partial charge < -0.3 is 9.63 Å². The summed E-state index contributed by atoms with van der Waals surface area (Å²) in [4.78, 5) is 16.9. The number of aryl methyl sites for hydroxylation is 1. The van der Waals surface area contributed by atoms with Crippen LogP contribution in [0.25, 0.3) is 0 Å². The van der Waals surface area contributed by atoms with Crippen molar-refractivity contribution in [1.82, 2.24) is 15.0 Å². The molecule has 19 heavy (non-hydrogen) atoms. The topological polar surface area (TPSA) is 79.5 Å². The van der Waals surface area contributed by atoms with E-state index in [0.29, 0.717) is 30.4 Å². The summed E-state index contributed by atoms with van der Waals surface area (Å²) in [7, 11) is 1.94. The van der Waals surface area contributed by atoms with Gasteiger partial charge >= 0.3 is 5.97 Å². The maximum atomic E-state index is 10.7. The third-order valence-electron chi connectivity index (χ3n) is 2.63. The zero-order valence-electron chi connectivity index (χ0n) is 10.8. The molecule has 0 spiro atoms. The summed E-state index contributed by atoms with van der Waals surface area (Å²) in [6.45, 7) is 3.02. The van der Waals surface area contributed by atoms with E-state index in [-0.39, 0.29) is 0 Å². The van der Waals surface area contributed by atoms with E-state index in [1.807, 2.05) is 11.9 Å². The van der Waals surface area contributed by atoms with Crippen LogP contribution in [0.2, 0.25) is 0 Å². The molecule has 100 valence electrons. The van der Waals surface area contributed by atoms with Crippen molar-refractivity contribution in [3.8, 4) is 0 Å². The predicted octanol–water partition coefficient (Wildman–Crippen LogP) is 1.71. The number of aromatic carboxylic acids is 1. The van der Waals surface area contributed by atoms with E-state index in [4.69, 9.17) is 9.63 Å². The van der Waals surface area contributed by atoms with Gasteiger partial charge in [-0.2, -0.15) is 4.98 Å². The monoisotopic (exact) mass is 261 g/mol. The zero-order chi connectivity index (χ0) is 13.8. The molecule has 1 aromatic heterocycles. The van der Waals surface area contributed by atoms with E-state index >= 15 is 0 Å². The summed E-state index contributed by atoms with van der Waals surface area (Å²) in [6.07, 6.45) is 0. The van der Waals surface area contributed by atoms with Crippen LogP contribution >= 0.6 is 0 Å². The molecule has 0 aliphatic rings. The molecule has 0 atom stereocenters. The Morgan fingerprint density at radius 1 is 1.32 bits per heavy atom. The van der Waals surface area contributed by atoms with Crippen molar-refractivity contribution in [2.45, 2.75) is 20.0 Å². The maximum absolute atomic E-state index is 10.7. The van der Waals surface area contributed by atoms with E-state index in [9.17, 15) is 4.79 Å². The first-order valence-electron chi connectivity index (χ1n) is 5.84. The van der Waals surface area contributed by atoms with Crippen molar-refractivity contribution in [3.63, 3.8) is 0 Å². The molecule has 0 radical (unpaired) electrons. The van der Waals surface area contributed by atoms with Crippen LogP contribution in [0.1, 0.15) is 27.6 Å². The molecule has 0 fully saturated rings. The highest BCUT2D eigenvalue weighted by Crippen LogP contribution is 2.08. The molecule has 0 saturated carbocycles. The first kappa shape index (κ1) is 13.2. The molecule has 1 N–H and O–H groups in total. The summed E-state index contributed by atoms with van der Waals surface area (Å²) in [6, 6.07) is 6.82. The summed E-state index contributed by atoms with van der Waals surface area (Å²) in [5, 5.41) is 12.6. The molecular weight excluding hydrogens is 246 g/mol. The first-order chi connectivity index (χ1) is 9.04. The summed E-state index contributed by atoms with van der Waals surface area (Å²) < 4.78 is 4.90. The highest BCUT2D eigenvalue weighted by atomic mass is 16.5. The van der Waals surface area contributed by atoms with Crippen LogP contribution in [0.5, 0.6) is 0 Å². The normalized spacial score (nSPS) is 10.9. The minimum absolute atomic E-state index is 0.292. The van der Waals surface area contributed by atoms with Gasteiger partial charge in [0.2, 0.25) is 5.89 Å². The van der Waals surface area contributed by atoms with E-state index < -0.39 is 5.97 Å². The number of carboxylic acid groups (broad SMARTS) is 1. The number of hydrogen-bond acceptors (Lipinski definition) is 5. The molecule has 0 saturated heterocycles. The highest BCUT2D eigenvalue weighted by molar-refractivity contribution is 5.87. The van der Waals surface area contributed by atoms with Crippen LogP contribution in [0, 0.1) is 6.92 Å². The van der Waals surface area contributed by atoms with E-state index in [2.05, 4.69) is 10.1 Å². The van der Waals surface area contributed by atoms with Gasteiger partial charge in [0.1, 0.15) is 0 Å². The second kappa shape index (κ2) is 5.62. The molecular formula is C13H15N3O3. The van der Waals surface area contributed by atoms with E-state index in [1.165, 1.54) is 0 Å². The number of benzene rings is 1. The molecule has 0 bridgehead atoms. The molecule has 0 aliphatic heterocycles. The third kappa shape index (κ3) is 3.62. The predicted molar refractivity (Wildman–Crippen MR) is 67.6 cm³/mol. The molecule has 1 aromatic carbocycles. The average molecular weight is 261 g/mol. The number of nitrogens with zero attached hydrogens (tertiary/aromatic N) is 3. The minimum atomic E-state index is -0.915. The SMILES string of the molecule is Cc1nc(CN(C)Cc2ccc(C(=O)O)cc2)no1. The number of carboxylic acids is 1. The van der Waals surface area contributed by atoms with Crippen LogP contribution < -0.4 is 0 Å². The summed E-state index contributed by atoms with van der Waals surface area (Å²) >= 11 is 0. The Bertz CT molecular complexity index is 563. The van der Waals surface area contributed by atoms with Gasteiger partial charge in [-0.25, -0.2) is 4.79 Å². The number of carbonyl (C=O) groups is 1. The average Bonchev–Trinajstić information content (AvgIpc) is 2.75. The fraction of sp³-hybridized carbons (Fsp3) is 0.308. The molecule has 0 aliphatic carbocycles. The van der Waals surface area contributed by atoms with Crippen molar-refractivity contribution in [1.29, 1.82) is 0 Å². The van der Waals surface area contributed by atoms with Crippen LogP contribution in [-0.2, 0) is 13.1 Å². The Kier molecular flexibility index (Phi) is 3.91. The van der Waals surface area contributed by atoms with Crippen LogP contribution in [0.15, 0.2) is 28.8 Å². The molecule has 1 heterocycles. The molecule has 2 rings (SSSR count).